The van der Waals surface area contributed by atoms with Gasteiger partial charge >= 0.3 is 0 Å². The highest BCUT2D eigenvalue weighted by molar-refractivity contribution is 6.30. The third-order valence-electron chi connectivity index (χ3n) is 3.89. The van der Waals surface area contributed by atoms with E-state index in [2.05, 4.69) is 16.4 Å². The number of halogens is 1. The molecule has 0 radical (unpaired) electrons. The Morgan fingerprint density at radius 2 is 2.39 bits per heavy atom. The molecule has 3 nitrogen and oxygen atoms in total. The van der Waals surface area contributed by atoms with Crippen molar-refractivity contribution in [2.75, 3.05) is 13.7 Å². The van der Waals surface area contributed by atoms with Crippen molar-refractivity contribution < 1.29 is 4.74 Å². The average Bonchev–Trinajstić information content (AvgIpc) is 2.83. The van der Waals surface area contributed by atoms with E-state index < -0.39 is 0 Å². The summed E-state index contributed by atoms with van der Waals surface area (Å²) in [6.07, 6.45) is 7.87. The van der Waals surface area contributed by atoms with Crippen LogP contribution in [0.4, 0.5) is 0 Å². The highest BCUT2D eigenvalue weighted by atomic mass is 35.5. The quantitative estimate of drug-likeness (QED) is 0.834. The fourth-order valence-corrected chi connectivity index (χ4v) is 3.11. The van der Waals surface area contributed by atoms with Gasteiger partial charge in [0.25, 0.3) is 0 Å². The molecule has 1 N–H and O–H groups in total. The lowest BCUT2D eigenvalue weighted by atomic mass is 9.94. The number of methoxy groups -OCH3 is 1. The third-order valence-corrected chi connectivity index (χ3v) is 4.17. The summed E-state index contributed by atoms with van der Waals surface area (Å²) in [6.45, 7) is 1.14. The monoisotopic (exact) mass is 264 g/mol. The molecule has 2 aliphatic rings. The molecule has 0 aromatic carbocycles. The van der Waals surface area contributed by atoms with Gasteiger partial charge in [-0.2, -0.15) is 0 Å². The Morgan fingerprint density at radius 3 is 3.17 bits per heavy atom. The van der Waals surface area contributed by atoms with Crippen molar-refractivity contribution in [1.29, 1.82) is 0 Å². The molecular weight excluding hydrogens is 248 g/mol. The van der Waals surface area contributed by atoms with Crippen molar-refractivity contribution >= 4 is 17.2 Å². The minimum atomic E-state index is 0.426. The average molecular weight is 265 g/mol. The lowest BCUT2D eigenvalue weighted by Gasteiger charge is -2.25. The second-order valence-corrected chi connectivity index (χ2v) is 5.34. The number of ether oxygens (including phenoxy) is 1. The molecule has 0 unspecified atom stereocenters. The summed E-state index contributed by atoms with van der Waals surface area (Å²) in [5.74, 6) is 1.33. The van der Waals surface area contributed by atoms with Gasteiger partial charge in [-0.15, -0.1) is 0 Å². The van der Waals surface area contributed by atoms with Crippen LogP contribution in [0, 0.1) is 5.92 Å². The molecule has 1 aliphatic heterocycles. The summed E-state index contributed by atoms with van der Waals surface area (Å²) in [5.41, 5.74) is 2.49. The smallest absolute Gasteiger partial charge is 0.171 e. The zero-order chi connectivity index (χ0) is 12.5. The Bertz CT molecular complexity index is 487. The normalized spacial score (nSPS) is 26.7. The predicted molar refractivity (Wildman–Crippen MR) is 72.9 cm³/mol. The molecule has 4 heteroatoms. The van der Waals surface area contributed by atoms with Crippen LogP contribution >= 0.6 is 11.6 Å². The van der Waals surface area contributed by atoms with Crippen molar-refractivity contribution in [1.82, 2.24) is 10.3 Å². The van der Waals surface area contributed by atoms with Gasteiger partial charge in [-0.3, -0.25) is 0 Å². The molecule has 3 rings (SSSR count). The van der Waals surface area contributed by atoms with Crippen molar-refractivity contribution in [3.63, 3.8) is 0 Å². The topological polar surface area (TPSA) is 34.1 Å². The lowest BCUT2D eigenvalue weighted by molar-refractivity contribution is 0.348. The van der Waals surface area contributed by atoms with E-state index in [4.69, 9.17) is 16.3 Å². The SMILES string of the molecule is COc1cc(C2=C[C@H]3CCCN[C@H]3C2)cnc1Cl. The molecule has 1 aromatic heterocycles. The molecule has 0 bridgehead atoms. The molecule has 0 saturated carbocycles. The van der Waals surface area contributed by atoms with Crippen LogP contribution in [0.15, 0.2) is 18.3 Å². The number of hydrogen-bond acceptors (Lipinski definition) is 3. The number of piperidine rings is 1. The number of rotatable bonds is 2. The van der Waals surface area contributed by atoms with E-state index in [1.165, 1.54) is 18.4 Å². The van der Waals surface area contributed by atoms with E-state index in [1.807, 2.05) is 12.3 Å². The van der Waals surface area contributed by atoms with E-state index in [9.17, 15) is 0 Å². The number of hydrogen-bond donors (Lipinski definition) is 1. The van der Waals surface area contributed by atoms with Crippen LogP contribution in [0.1, 0.15) is 24.8 Å². The summed E-state index contributed by atoms with van der Waals surface area (Å²) in [7, 11) is 1.62. The van der Waals surface area contributed by atoms with E-state index in [1.54, 1.807) is 7.11 Å². The van der Waals surface area contributed by atoms with Gasteiger partial charge in [-0.1, -0.05) is 17.7 Å². The summed E-state index contributed by atoms with van der Waals surface area (Å²) in [5, 5.41) is 4.02. The van der Waals surface area contributed by atoms with Crippen LogP contribution in [0.2, 0.25) is 5.15 Å². The molecule has 1 aliphatic carbocycles. The zero-order valence-electron chi connectivity index (χ0n) is 10.4. The van der Waals surface area contributed by atoms with Crippen LogP contribution in [0.5, 0.6) is 5.75 Å². The van der Waals surface area contributed by atoms with Crippen LogP contribution in [-0.2, 0) is 0 Å². The van der Waals surface area contributed by atoms with E-state index in [0.717, 1.165) is 18.5 Å². The standard InChI is InChI=1S/C14H17ClN2O/c1-18-13-7-11(8-17-14(13)15)10-5-9-3-2-4-16-12(9)6-10/h5,7-9,12,16H,2-4,6H2,1H3/t9-,12+/m1/s1. The van der Waals surface area contributed by atoms with Crippen LogP contribution in [0.25, 0.3) is 5.57 Å². The number of nitrogens with zero attached hydrogens (tertiary/aromatic N) is 1. The number of aromatic nitrogens is 1. The van der Waals surface area contributed by atoms with Gasteiger partial charge < -0.3 is 10.1 Å². The Hall–Kier alpha value is -1.06. The highest BCUT2D eigenvalue weighted by Crippen LogP contribution is 2.37. The summed E-state index contributed by atoms with van der Waals surface area (Å²) in [6, 6.07) is 2.59. The van der Waals surface area contributed by atoms with Crippen molar-refractivity contribution in [2.45, 2.75) is 25.3 Å². The van der Waals surface area contributed by atoms with Crippen LogP contribution < -0.4 is 10.1 Å². The maximum atomic E-state index is 5.96. The molecule has 96 valence electrons. The van der Waals surface area contributed by atoms with Gasteiger partial charge in [0.05, 0.1) is 7.11 Å². The minimum absolute atomic E-state index is 0.426. The molecule has 18 heavy (non-hydrogen) atoms. The summed E-state index contributed by atoms with van der Waals surface area (Å²) < 4.78 is 5.23. The second-order valence-electron chi connectivity index (χ2n) is 4.98. The van der Waals surface area contributed by atoms with Crippen molar-refractivity contribution in [2.24, 2.45) is 5.92 Å². The molecule has 2 heterocycles. The third kappa shape index (κ3) is 2.13. The van der Waals surface area contributed by atoms with Crippen LogP contribution in [0.3, 0.4) is 0 Å². The fourth-order valence-electron chi connectivity index (χ4n) is 2.92. The first-order chi connectivity index (χ1) is 8.78. The zero-order valence-corrected chi connectivity index (χ0v) is 11.2. The number of fused-ring (bicyclic) bond motifs is 1. The van der Waals surface area contributed by atoms with Gasteiger partial charge in [0.15, 0.2) is 10.9 Å². The van der Waals surface area contributed by atoms with Gasteiger partial charge in [0, 0.05) is 12.2 Å². The minimum Gasteiger partial charge on any atom is -0.494 e. The van der Waals surface area contributed by atoms with Gasteiger partial charge in [-0.05, 0) is 48.9 Å². The maximum absolute atomic E-state index is 5.96. The molecule has 0 amide bonds. The first kappa shape index (κ1) is 12.0. The molecule has 2 atom stereocenters. The summed E-state index contributed by atoms with van der Waals surface area (Å²) in [4.78, 5) is 4.19. The van der Waals surface area contributed by atoms with E-state index in [-0.39, 0.29) is 0 Å². The van der Waals surface area contributed by atoms with Gasteiger partial charge in [-0.25, -0.2) is 4.98 Å². The Labute approximate surface area is 112 Å². The number of pyridine rings is 1. The van der Waals surface area contributed by atoms with Gasteiger partial charge in [0.1, 0.15) is 0 Å². The first-order valence-corrected chi connectivity index (χ1v) is 6.79. The van der Waals surface area contributed by atoms with Crippen LogP contribution in [-0.4, -0.2) is 24.7 Å². The van der Waals surface area contributed by atoms with Crippen molar-refractivity contribution in [3.05, 3.63) is 29.1 Å². The second kappa shape index (κ2) is 4.90. The maximum Gasteiger partial charge on any atom is 0.171 e. The molecular formula is C14H17ClN2O. The number of nitrogens with one attached hydrogen (secondary N) is 1. The first-order valence-electron chi connectivity index (χ1n) is 6.42. The Balaban J connectivity index is 1.87. The van der Waals surface area contributed by atoms with E-state index in [0.29, 0.717) is 22.9 Å². The van der Waals surface area contributed by atoms with Gasteiger partial charge in [0.2, 0.25) is 0 Å². The molecule has 1 fully saturated rings. The fraction of sp³-hybridized carbons (Fsp3) is 0.500. The molecule has 0 spiro atoms. The van der Waals surface area contributed by atoms with E-state index >= 15 is 0 Å². The Kier molecular flexibility index (Phi) is 3.27. The summed E-state index contributed by atoms with van der Waals surface area (Å²) >= 11 is 5.96. The van der Waals surface area contributed by atoms with Crippen molar-refractivity contribution in [3.8, 4) is 5.75 Å². The lowest BCUT2D eigenvalue weighted by Crippen LogP contribution is -2.37. The molecule has 1 saturated heterocycles. The highest BCUT2D eigenvalue weighted by Gasteiger charge is 2.30. The molecule has 1 aromatic rings. The predicted octanol–water partition coefficient (Wildman–Crippen LogP) is 2.90. The largest absolute Gasteiger partial charge is 0.494 e. The Morgan fingerprint density at radius 1 is 1.50 bits per heavy atom.